The lowest BCUT2D eigenvalue weighted by molar-refractivity contribution is -0.137. The molecule has 2 fully saturated rings. The lowest BCUT2D eigenvalue weighted by atomic mass is 9.73. The molecule has 8 heteroatoms. The number of hydrogen-bond acceptors (Lipinski definition) is 2. The van der Waals surface area contributed by atoms with Crippen molar-refractivity contribution < 1.29 is 17.9 Å². The first-order valence-corrected chi connectivity index (χ1v) is 9.07. The van der Waals surface area contributed by atoms with Crippen molar-refractivity contribution in [3.05, 3.63) is 35.4 Å². The van der Waals surface area contributed by atoms with Crippen LogP contribution >= 0.6 is 24.0 Å². The number of halogens is 4. The van der Waals surface area contributed by atoms with Gasteiger partial charge < -0.3 is 15.4 Å². The molecular formula is C19H27F3IN3O. The molecule has 3 rings (SSSR count). The van der Waals surface area contributed by atoms with Crippen molar-refractivity contribution in [3.63, 3.8) is 0 Å². The van der Waals surface area contributed by atoms with Gasteiger partial charge in [-0.1, -0.05) is 25.1 Å². The first kappa shape index (κ1) is 22.3. The summed E-state index contributed by atoms with van der Waals surface area (Å²) < 4.78 is 44.9. The summed E-state index contributed by atoms with van der Waals surface area (Å²) in [6.07, 6.45) is -1.86. The van der Waals surface area contributed by atoms with Crippen LogP contribution in [0, 0.1) is 5.92 Å². The minimum Gasteiger partial charge on any atom is -0.381 e. The first-order chi connectivity index (χ1) is 12.3. The molecule has 1 aromatic carbocycles. The largest absolute Gasteiger partial charge is 0.416 e. The van der Waals surface area contributed by atoms with Gasteiger partial charge in [0.05, 0.1) is 5.56 Å². The summed E-state index contributed by atoms with van der Waals surface area (Å²) >= 11 is 0. The van der Waals surface area contributed by atoms with Crippen LogP contribution in [-0.4, -0.2) is 38.8 Å². The molecule has 2 unspecified atom stereocenters. The van der Waals surface area contributed by atoms with Crippen LogP contribution in [0.3, 0.4) is 0 Å². The van der Waals surface area contributed by atoms with Crippen molar-refractivity contribution in [3.8, 4) is 0 Å². The van der Waals surface area contributed by atoms with Crippen LogP contribution in [0.5, 0.6) is 0 Å². The molecule has 2 N–H and O–H groups in total. The Morgan fingerprint density at radius 1 is 1.30 bits per heavy atom. The number of guanidine groups is 1. The fourth-order valence-electron chi connectivity index (χ4n) is 3.50. The van der Waals surface area contributed by atoms with E-state index < -0.39 is 17.2 Å². The second-order valence-electron chi connectivity index (χ2n) is 7.36. The maximum atomic E-state index is 13.1. The molecule has 0 spiro atoms. The Labute approximate surface area is 175 Å². The van der Waals surface area contributed by atoms with Crippen molar-refractivity contribution in [2.75, 3.05) is 26.8 Å². The monoisotopic (exact) mass is 497 g/mol. The van der Waals surface area contributed by atoms with E-state index in [0.717, 1.165) is 12.5 Å². The fourth-order valence-corrected chi connectivity index (χ4v) is 3.50. The van der Waals surface area contributed by atoms with Crippen LogP contribution in [0.1, 0.15) is 37.3 Å². The quantitative estimate of drug-likeness (QED) is 0.377. The molecule has 0 bridgehead atoms. The molecule has 2 atom stereocenters. The Morgan fingerprint density at radius 2 is 1.96 bits per heavy atom. The number of benzene rings is 1. The molecule has 1 aromatic rings. The van der Waals surface area contributed by atoms with Gasteiger partial charge >= 0.3 is 6.18 Å². The van der Waals surface area contributed by atoms with Crippen LogP contribution in [0.2, 0.25) is 0 Å². The van der Waals surface area contributed by atoms with E-state index in [9.17, 15) is 13.2 Å². The van der Waals surface area contributed by atoms with Gasteiger partial charge in [0.1, 0.15) is 0 Å². The summed E-state index contributed by atoms with van der Waals surface area (Å²) in [5, 5.41) is 6.69. The molecule has 0 aromatic heterocycles. The Balaban J connectivity index is 0.00000261. The number of hydrogen-bond donors (Lipinski definition) is 2. The Kier molecular flexibility index (Phi) is 7.40. The zero-order valence-corrected chi connectivity index (χ0v) is 17.9. The van der Waals surface area contributed by atoms with E-state index in [0.29, 0.717) is 56.1 Å². The molecule has 2 aliphatic rings. The van der Waals surface area contributed by atoms with Gasteiger partial charge in [-0.25, -0.2) is 0 Å². The predicted molar refractivity (Wildman–Crippen MR) is 111 cm³/mol. The minimum absolute atomic E-state index is 0. The molecule has 1 aliphatic carbocycles. The first-order valence-electron chi connectivity index (χ1n) is 9.07. The zero-order chi connectivity index (χ0) is 18.8. The average molecular weight is 497 g/mol. The normalized spacial score (nSPS) is 24.7. The molecule has 4 nitrogen and oxygen atoms in total. The van der Waals surface area contributed by atoms with Crippen molar-refractivity contribution in [1.29, 1.82) is 0 Å². The number of nitrogens with zero attached hydrogens (tertiary/aromatic N) is 1. The van der Waals surface area contributed by atoms with E-state index in [2.05, 4.69) is 22.5 Å². The van der Waals surface area contributed by atoms with Crippen molar-refractivity contribution >= 4 is 29.9 Å². The lowest BCUT2D eigenvalue weighted by Crippen LogP contribution is -2.48. The molecule has 1 heterocycles. The van der Waals surface area contributed by atoms with Gasteiger partial charge in [-0.2, -0.15) is 13.2 Å². The number of ether oxygens (including phenoxy) is 1. The van der Waals surface area contributed by atoms with E-state index in [4.69, 9.17) is 4.74 Å². The van der Waals surface area contributed by atoms with Gasteiger partial charge in [-0.3, -0.25) is 4.99 Å². The summed E-state index contributed by atoms with van der Waals surface area (Å²) in [5.41, 5.74) is -0.291. The van der Waals surface area contributed by atoms with E-state index in [1.165, 1.54) is 12.1 Å². The van der Waals surface area contributed by atoms with Gasteiger partial charge in [0, 0.05) is 38.3 Å². The van der Waals surface area contributed by atoms with Gasteiger partial charge in [0.15, 0.2) is 5.96 Å². The number of rotatable bonds is 4. The van der Waals surface area contributed by atoms with E-state index >= 15 is 0 Å². The van der Waals surface area contributed by atoms with Crippen LogP contribution in [0.15, 0.2) is 29.3 Å². The topological polar surface area (TPSA) is 45.7 Å². The third kappa shape index (κ3) is 5.49. The molecule has 1 aliphatic heterocycles. The molecule has 1 saturated heterocycles. The maximum Gasteiger partial charge on any atom is 0.416 e. The third-order valence-corrected chi connectivity index (χ3v) is 5.50. The number of nitrogens with one attached hydrogen (secondary N) is 2. The van der Waals surface area contributed by atoms with Crippen molar-refractivity contribution in [2.24, 2.45) is 10.9 Å². The minimum atomic E-state index is -4.34. The van der Waals surface area contributed by atoms with Crippen molar-refractivity contribution in [2.45, 2.75) is 43.8 Å². The van der Waals surface area contributed by atoms with E-state index in [1.54, 1.807) is 13.1 Å². The highest BCUT2D eigenvalue weighted by molar-refractivity contribution is 14.0. The maximum absolute atomic E-state index is 13.1. The van der Waals surface area contributed by atoms with Crippen LogP contribution in [0.25, 0.3) is 0 Å². The number of aliphatic imine (C=N–C) groups is 1. The lowest BCUT2D eigenvalue weighted by Gasteiger charge is -2.38. The second kappa shape index (κ2) is 8.98. The second-order valence-corrected chi connectivity index (χ2v) is 7.36. The molecule has 0 radical (unpaired) electrons. The molecular weight excluding hydrogens is 470 g/mol. The van der Waals surface area contributed by atoms with E-state index in [1.807, 2.05) is 0 Å². The van der Waals surface area contributed by atoms with Gasteiger partial charge in [-0.15, -0.1) is 24.0 Å². The molecule has 27 heavy (non-hydrogen) atoms. The fraction of sp³-hybridized carbons (Fsp3) is 0.632. The third-order valence-electron chi connectivity index (χ3n) is 5.50. The highest BCUT2D eigenvalue weighted by atomic mass is 127. The highest BCUT2D eigenvalue weighted by Crippen LogP contribution is 2.38. The Hall–Kier alpha value is -1.03. The predicted octanol–water partition coefficient (Wildman–Crippen LogP) is 3.95. The summed E-state index contributed by atoms with van der Waals surface area (Å²) in [7, 11) is 1.71. The summed E-state index contributed by atoms with van der Waals surface area (Å²) in [6.45, 7) is 3.79. The van der Waals surface area contributed by atoms with E-state index in [-0.39, 0.29) is 24.0 Å². The van der Waals surface area contributed by atoms with Crippen LogP contribution in [0.4, 0.5) is 13.2 Å². The summed E-state index contributed by atoms with van der Waals surface area (Å²) in [5.74, 6) is 1.34. The SMILES string of the molecule is CN=C(NCC1(c2cccc(C(F)(F)F)c2)CCOCC1)NC1CC1C.I. The Bertz CT molecular complexity index is 660. The number of alkyl halides is 3. The van der Waals surface area contributed by atoms with Crippen molar-refractivity contribution in [1.82, 2.24) is 10.6 Å². The average Bonchev–Trinajstić information content (AvgIpc) is 3.33. The van der Waals surface area contributed by atoms with Gasteiger partial charge in [0.2, 0.25) is 0 Å². The van der Waals surface area contributed by atoms with Gasteiger partial charge in [-0.05, 0) is 36.8 Å². The highest BCUT2D eigenvalue weighted by Gasteiger charge is 2.38. The Morgan fingerprint density at radius 3 is 2.52 bits per heavy atom. The zero-order valence-electron chi connectivity index (χ0n) is 15.6. The van der Waals surface area contributed by atoms with Crippen LogP contribution < -0.4 is 10.6 Å². The van der Waals surface area contributed by atoms with Gasteiger partial charge in [0.25, 0.3) is 0 Å². The standard InChI is InChI=1S/C19H26F3N3O.HI/c1-13-10-16(13)25-17(23-2)24-12-18(6-8-26-9-7-18)14-4-3-5-15(11-14)19(20,21)22;/h3-5,11,13,16H,6-10,12H2,1-2H3,(H2,23,24,25);1H. The molecule has 1 saturated carbocycles. The molecule has 152 valence electrons. The summed E-state index contributed by atoms with van der Waals surface area (Å²) in [6, 6.07) is 6.13. The molecule has 0 amide bonds. The summed E-state index contributed by atoms with van der Waals surface area (Å²) in [4.78, 5) is 4.25. The smallest absolute Gasteiger partial charge is 0.381 e. The van der Waals surface area contributed by atoms with Crippen LogP contribution in [-0.2, 0) is 16.3 Å².